The summed E-state index contributed by atoms with van der Waals surface area (Å²) in [5.41, 5.74) is 2.39. The van der Waals surface area contributed by atoms with Crippen LogP contribution in [0.25, 0.3) is 0 Å². The first-order valence-electron chi connectivity index (χ1n) is 9.99. The van der Waals surface area contributed by atoms with E-state index in [-0.39, 0.29) is 11.7 Å². The molecule has 2 heterocycles. The summed E-state index contributed by atoms with van der Waals surface area (Å²) < 4.78 is 0. The average molecular weight is 427 g/mol. The topological polar surface area (TPSA) is 89.9 Å². The van der Waals surface area contributed by atoms with Crippen molar-refractivity contribution in [2.45, 2.75) is 45.3 Å². The van der Waals surface area contributed by atoms with Crippen LogP contribution in [0.1, 0.15) is 47.0 Å². The minimum atomic E-state index is -0.951. The van der Waals surface area contributed by atoms with E-state index in [2.05, 4.69) is 17.1 Å². The number of benzene rings is 1. The Morgan fingerprint density at radius 3 is 2.57 bits per heavy atom. The van der Waals surface area contributed by atoms with Gasteiger partial charge in [0.05, 0.1) is 17.4 Å². The minimum absolute atomic E-state index is 0.0760. The van der Waals surface area contributed by atoms with Gasteiger partial charge >= 0.3 is 11.9 Å². The Morgan fingerprint density at radius 2 is 1.97 bits per heavy atom. The molecule has 3 N–H and O–H groups in total. The van der Waals surface area contributed by atoms with Crippen LogP contribution in [0.3, 0.4) is 0 Å². The molecule has 0 fully saturated rings. The molecule has 3 rings (SSSR count). The van der Waals surface area contributed by atoms with E-state index in [4.69, 9.17) is 5.11 Å². The maximum atomic E-state index is 11.8. The van der Waals surface area contributed by atoms with Crippen molar-refractivity contribution in [3.8, 4) is 0 Å². The number of aliphatic carboxylic acids is 1. The zero-order valence-electron chi connectivity index (χ0n) is 16.9. The highest BCUT2D eigenvalue weighted by Gasteiger charge is 2.25. The lowest BCUT2D eigenvalue weighted by Crippen LogP contribution is -2.36. The fraction of sp³-hybridized carbons (Fsp3) is 0.304. The summed E-state index contributed by atoms with van der Waals surface area (Å²) in [6, 6.07) is 10.7. The van der Waals surface area contributed by atoms with Gasteiger partial charge in [0.15, 0.2) is 0 Å². The number of carbonyl (C=O) groups is 2. The molecule has 158 valence electrons. The third kappa shape index (κ3) is 5.51. The van der Waals surface area contributed by atoms with Crippen LogP contribution in [-0.2, 0) is 17.8 Å². The Hall–Kier alpha value is -3.06. The maximum absolute atomic E-state index is 11.8. The Labute approximate surface area is 180 Å². The molecule has 30 heavy (non-hydrogen) atoms. The Balaban J connectivity index is 1.83. The van der Waals surface area contributed by atoms with E-state index in [1.165, 1.54) is 0 Å². The molecule has 0 saturated heterocycles. The lowest BCUT2D eigenvalue weighted by molar-refractivity contribution is -0.132. The van der Waals surface area contributed by atoms with Crippen molar-refractivity contribution in [2.24, 2.45) is 0 Å². The Morgan fingerprint density at radius 1 is 1.20 bits per heavy atom. The van der Waals surface area contributed by atoms with Gasteiger partial charge in [-0.1, -0.05) is 31.5 Å². The molecule has 2 aromatic rings. The number of rotatable bonds is 10. The number of carboxylic acid groups (broad SMARTS) is 2. The van der Waals surface area contributed by atoms with E-state index in [9.17, 15) is 14.7 Å². The summed E-state index contributed by atoms with van der Waals surface area (Å²) >= 11 is 1.54. The number of unbranched alkanes of at least 4 members (excludes halogenated alkanes) is 1. The second kappa shape index (κ2) is 10.1. The smallest absolute Gasteiger partial charge is 0.335 e. The lowest BCUT2D eigenvalue weighted by Gasteiger charge is -2.29. The third-order valence-corrected chi connectivity index (χ3v) is 5.93. The molecule has 0 saturated carbocycles. The summed E-state index contributed by atoms with van der Waals surface area (Å²) in [6.45, 7) is 2.71. The Kier molecular flexibility index (Phi) is 7.30. The number of hydrogen-bond donors (Lipinski definition) is 3. The molecule has 0 aliphatic carbocycles. The molecule has 1 aromatic heterocycles. The second-order valence-corrected chi connectivity index (χ2v) is 8.29. The lowest BCUT2D eigenvalue weighted by atomic mass is 10.1. The number of carboxylic acids is 2. The van der Waals surface area contributed by atoms with Gasteiger partial charge in [-0.05, 0) is 48.1 Å². The first kappa shape index (κ1) is 21.6. The molecule has 0 bridgehead atoms. The molecular weight excluding hydrogens is 400 g/mol. The molecule has 1 atom stereocenters. The van der Waals surface area contributed by atoms with Crippen LogP contribution < -0.4 is 5.32 Å². The summed E-state index contributed by atoms with van der Waals surface area (Å²) in [5.74, 6) is -1.87. The first-order chi connectivity index (χ1) is 14.5. The Bertz CT molecular complexity index is 933. The van der Waals surface area contributed by atoms with E-state index in [0.717, 1.165) is 35.4 Å². The van der Waals surface area contributed by atoms with Gasteiger partial charge in [0.25, 0.3) is 0 Å². The monoisotopic (exact) mass is 426 g/mol. The highest BCUT2D eigenvalue weighted by molar-refractivity contribution is 7.09. The van der Waals surface area contributed by atoms with Gasteiger partial charge in [0.2, 0.25) is 0 Å². The molecule has 1 aliphatic heterocycles. The van der Waals surface area contributed by atoms with E-state index in [1.54, 1.807) is 29.5 Å². The molecule has 7 heteroatoms. The predicted octanol–water partition coefficient (Wildman–Crippen LogP) is 4.46. The molecule has 6 nitrogen and oxygen atoms in total. The van der Waals surface area contributed by atoms with Crippen molar-refractivity contribution in [1.82, 2.24) is 10.2 Å². The van der Waals surface area contributed by atoms with Crippen molar-refractivity contribution in [2.75, 3.05) is 0 Å². The van der Waals surface area contributed by atoms with Gasteiger partial charge < -0.3 is 20.4 Å². The van der Waals surface area contributed by atoms with Crippen molar-refractivity contribution in [3.63, 3.8) is 0 Å². The van der Waals surface area contributed by atoms with Crippen LogP contribution in [0.2, 0.25) is 0 Å². The van der Waals surface area contributed by atoms with E-state index >= 15 is 0 Å². The molecule has 1 aromatic carbocycles. The quantitative estimate of drug-likeness (QED) is 0.486. The summed E-state index contributed by atoms with van der Waals surface area (Å²) in [4.78, 5) is 26.1. The van der Waals surface area contributed by atoms with Gasteiger partial charge in [-0.2, -0.15) is 0 Å². The fourth-order valence-electron chi connectivity index (χ4n) is 3.41. The molecule has 0 amide bonds. The SMILES string of the molecule is CCCCC1NC=C(/C=C(\Cc2cccs2)C(=O)O)N1Cc1ccc(C(=O)O)cc1. The van der Waals surface area contributed by atoms with E-state index in [1.807, 2.05) is 35.8 Å². The number of allylic oxidation sites excluding steroid dienone is 1. The molecule has 1 unspecified atom stereocenters. The number of thiophene rings is 1. The second-order valence-electron chi connectivity index (χ2n) is 7.25. The summed E-state index contributed by atoms with van der Waals surface area (Å²) in [5, 5.41) is 24.1. The zero-order chi connectivity index (χ0) is 21.5. The van der Waals surface area contributed by atoms with Crippen molar-refractivity contribution < 1.29 is 19.8 Å². The standard InChI is InChI=1S/C23H26N2O4S/c1-2-3-6-21-24-14-19(12-18(23(28)29)13-20-5-4-11-30-20)25(21)15-16-7-9-17(10-8-16)22(26)27/h4-5,7-12,14,21,24H,2-3,6,13,15H2,1H3,(H,26,27)(H,28,29)/b18-12+. The van der Waals surface area contributed by atoms with E-state index in [0.29, 0.717) is 18.5 Å². The van der Waals surface area contributed by atoms with Crippen molar-refractivity contribution in [1.29, 1.82) is 0 Å². The van der Waals surface area contributed by atoms with Gasteiger partial charge in [0.1, 0.15) is 0 Å². The summed E-state index contributed by atoms with van der Waals surface area (Å²) in [6.07, 6.45) is 7.14. The van der Waals surface area contributed by atoms with Crippen LogP contribution in [0, 0.1) is 0 Å². The van der Waals surface area contributed by atoms with Gasteiger partial charge in [-0.25, -0.2) is 9.59 Å². The maximum Gasteiger partial charge on any atom is 0.335 e. The average Bonchev–Trinajstić information content (AvgIpc) is 3.37. The van der Waals surface area contributed by atoms with Crippen LogP contribution in [0.15, 0.2) is 65.3 Å². The third-order valence-electron chi connectivity index (χ3n) is 5.06. The number of hydrogen-bond acceptors (Lipinski definition) is 5. The van der Waals surface area contributed by atoms with Crippen LogP contribution in [-0.4, -0.2) is 33.2 Å². The normalized spacial score (nSPS) is 16.3. The van der Waals surface area contributed by atoms with Crippen LogP contribution in [0.5, 0.6) is 0 Å². The number of nitrogens with one attached hydrogen (secondary N) is 1. The van der Waals surface area contributed by atoms with Crippen molar-refractivity contribution >= 4 is 23.3 Å². The zero-order valence-corrected chi connectivity index (χ0v) is 17.7. The van der Waals surface area contributed by atoms with E-state index < -0.39 is 11.9 Å². The van der Waals surface area contributed by atoms with Gasteiger partial charge in [-0.3, -0.25) is 0 Å². The van der Waals surface area contributed by atoms with Crippen LogP contribution in [0.4, 0.5) is 0 Å². The molecule has 0 radical (unpaired) electrons. The van der Waals surface area contributed by atoms with Gasteiger partial charge in [-0.15, -0.1) is 11.3 Å². The highest BCUT2D eigenvalue weighted by atomic mass is 32.1. The van der Waals surface area contributed by atoms with Crippen molar-refractivity contribution in [3.05, 3.63) is 81.3 Å². The van der Waals surface area contributed by atoms with Gasteiger partial charge in [0, 0.05) is 29.6 Å². The highest BCUT2D eigenvalue weighted by Crippen LogP contribution is 2.25. The fourth-order valence-corrected chi connectivity index (χ4v) is 4.14. The largest absolute Gasteiger partial charge is 0.478 e. The molecule has 1 aliphatic rings. The minimum Gasteiger partial charge on any atom is -0.478 e. The number of aromatic carboxylic acids is 1. The molecule has 0 spiro atoms. The summed E-state index contributed by atoms with van der Waals surface area (Å²) in [7, 11) is 0. The number of nitrogens with zero attached hydrogens (tertiary/aromatic N) is 1. The first-order valence-corrected chi connectivity index (χ1v) is 10.9. The predicted molar refractivity (Wildman–Crippen MR) is 117 cm³/mol. The van der Waals surface area contributed by atoms with Crippen LogP contribution >= 0.6 is 11.3 Å². The molecular formula is C23H26N2O4S.